The van der Waals surface area contributed by atoms with Gasteiger partial charge in [-0.1, -0.05) is 0 Å². The molecule has 2 amide bonds. The summed E-state index contributed by atoms with van der Waals surface area (Å²) >= 11 is 0. The molecule has 1 aromatic carbocycles. The topological polar surface area (TPSA) is 58.7 Å². The minimum Gasteiger partial charge on any atom is -0.385 e. The number of nitrogens with two attached hydrogens (primary N) is 1. The lowest BCUT2D eigenvalue weighted by Crippen LogP contribution is -2.35. The SMILES string of the molecule is NC1=NC(=O)N(C2CC2)C1c1cc(F)cc(F)c1. The zero-order valence-electron chi connectivity index (χ0n) is 9.44. The zero-order chi connectivity index (χ0) is 12.9. The molecule has 1 fully saturated rings. The van der Waals surface area contributed by atoms with E-state index < -0.39 is 23.7 Å². The van der Waals surface area contributed by atoms with Crippen molar-refractivity contribution in [2.24, 2.45) is 10.7 Å². The second-order valence-electron chi connectivity index (χ2n) is 4.56. The second kappa shape index (κ2) is 3.76. The van der Waals surface area contributed by atoms with Crippen molar-refractivity contribution < 1.29 is 13.6 Å². The Morgan fingerprint density at radius 1 is 1.22 bits per heavy atom. The number of urea groups is 1. The van der Waals surface area contributed by atoms with Crippen LogP contribution in [0.2, 0.25) is 0 Å². The molecule has 0 saturated heterocycles. The molecule has 0 aromatic heterocycles. The predicted octanol–water partition coefficient (Wildman–Crippen LogP) is 1.96. The summed E-state index contributed by atoms with van der Waals surface area (Å²) < 4.78 is 26.5. The molecule has 2 aliphatic rings. The fourth-order valence-electron chi connectivity index (χ4n) is 2.27. The van der Waals surface area contributed by atoms with Gasteiger partial charge >= 0.3 is 6.03 Å². The van der Waals surface area contributed by atoms with Crippen molar-refractivity contribution in [3.05, 3.63) is 35.4 Å². The first kappa shape index (κ1) is 11.1. The van der Waals surface area contributed by atoms with Crippen LogP contribution >= 0.6 is 0 Å². The first-order chi connectivity index (χ1) is 8.56. The molecule has 1 heterocycles. The molecule has 18 heavy (non-hydrogen) atoms. The highest BCUT2D eigenvalue weighted by atomic mass is 19.1. The van der Waals surface area contributed by atoms with Gasteiger partial charge < -0.3 is 10.6 Å². The summed E-state index contributed by atoms with van der Waals surface area (Å²) in [6.45, 7) is 0. The molecule has 1 atom stereocenters. The molecule has 1 aromatic rings. The average molecular weight is 251 g/mol. The third-order valence-electron chi connectivity index (χ3n) is 3.14. The Morgan fingerprint density at radius 2 is 1.83 bits per heavy atom. The first-order valence-corrected chi connectivity index (χ1v) is 5.68. The van der Waals surface area contributed by atoms with Crippen molar-refractivity contribution in [1.82, 2.24) is 4.90 Å². The molecule has 1 unspecified atom stereocenters. The van der Waals surface area contributed by atoms with E-state index in [0.29, 0.717) is 5.56 Å². The molecule has 0 spiro atoms. The van der Waals surface area contributed by atoms with Gasteiger partial charge in [0, 0.05) is 12.1 Å². The number of aliphatic imine (C=N–C) groups is 1. The second-order valence-corrected chi connectivity index (χ2v) is 4.56. The maximum absolute atomic E-state index is 13.2. The van der Waals surface area contributed by atoms with Crippen LogP contribution in [0.4, 0.5) is 13.6 Å². The fourth-order valence-corrected chi connectivity index (χ4v) is 2.27. The van der Waals surface area contributed by atoms with Gasteiger partial charge in [0.1, 0.15) is 23.5 Å². The molecule has 94 valence electrons. The molecule has 0 bridgehead atoms. The third kappa shape index (κ3) is 1.73. The van der Waals surface area contributed by atoms with Gasteiger partial charge in [-0.2, -0.15) is 4.99 Å². The van der Waals surface area contributed by atoms with Crippen LogP contribution in [0.15, 0.2) is 23.2 Å². The van der Waals surface area contributed by atoms with Crippen LogP contribution in [0.25, 0.3) is 0 Å². The van der Waals surface area contributed by atoms with Crippen molar-refractivity contribution in [1.29, 1.82) is 0 Å². The smallest absolute Gasteiger partial charge is 0.346 e. The average Bonchev–Trinajstić information content (AvgIpc) is 3.03. The zero-order valence-corrected chi connectivity index (χ0v) is 9.44. The lowest BCUT2D eigenvalue weighted by molar-refractivity contribution is 0.203. The number of rotatable bonds is 2. The lowest BCUT2D eigenvalue weighted by Gasteiger charge is -2.24. The standard InChI is InChI=1S/C12H11F2N3O/c13-7-3-6(4-8(14)5-7)10-11(15)16-12(18)17(10)9-1-2-9/h3-5,9-10H,1-2H2,(H2,15,16,18). The Morgan fingerprint density at radius 3 is 2.39 bits per heavy atom. The van der Waals surface area contributed by atoms with Gasteiger partial charge in [-0.05, 0) is 30.5 Å². The van der Waals surface area contributed by atoms with E-state index >= 15 is 0 Å². The Balaban J connectivity index is 2.02. The molecular weight excluding hydrogens is 240 g/mol. The number of benzene rings is 1. The van der Waals surface area contributed by atoms with Gasteiger partial charge in [-0.25, -0.2) is 13.6 Å². The van der Waals surface area contributed by atoms with Crippen molar-refractivity contribution in [3.63, 3.8) is 0 Å². The van der Waals surface area contributed by atoms with E-state index in [0.717, 1.165) is 18.9 Å². The normalized spacial score (nSPS) is 23.4. The number of nitrogens with zero attached hydrogens (tertiary/aromatic N) is 2. The molecule has 0 radical (unpaired) electrons. The molecule has 6 heteroatoms. The van der Waals surface area contributed by atoms with Gasteiger partial charge in [0.05, 0.1) is 0 Å². The monoisotopic (exact) mass is 251 g/mol. The first-order valence-electron chi connectivity index (χ1n) is 5.68. The summed E-state index contributed by atoms with van der Waals surface area (Å²) in [7, 11) is 0. The highest BCUT2D eigenvalue weighted by Crippen LogP contribution is 2.38. The van der Waals surface area contributed by atoms with Crippen LogP contribution in [0.5, 0.6) is 0 Å². The highest BCUT2D eigenvalue weighted by molar-refractivity contribution is 6.03. The van der Waals surface area contributed by atoms with Crippen LogP contribution in [0, 0.1) is 11.6 Å². The number of amides is 2. The summed E-state index contributed by atoms with van der Waals surface area (Å²) in [5.41, 5.74) is 6.03. The predicted molar refractivity (Wildman–Crippen MR) is 61.0 cm³/mol. The van der Waals surface area contributed by atoms with E-state index in [1.807, 2.05) is 0 Å². The van der Waals surface area contributed by atoms with Crippen molar-refractivity contribution in [2.45, 2.75) is 24.9 Å². The van der Waals surface area contributed by atoms with Crippen molar-refractivity contribution >= 4 is 11.9 Å². The summed E-state index contributed by atoms with van der Waals surface area (Å²) in [6.07, 6.45) is 1.76. The summed E-state index contributed by atoms with van der Waals surface area (Å²) in [5.74, 6) is -1.28. The minimum atomic E-state index is -0.687. The molecule has 2 N–H and O–H groups in total. The Kier molecular flexibility index (Phi) is 2.33. The number of halogens is 2. The Bertz CT molecular complexity index is 534. The van der Waals surface area contributed by atoms with Crippen molar-refractivity contribution in [2.75, 3.05) is 0 Å². The van der Waals surface area contributed by atoms with Crippen LogP contribution in [0.1, 0.15) is 24.4 Å². The van der Waals surface area contributed by atoms with Crippen LogP contribution in [-0.4, -0.2) is 22.8 Å². The minimum absolute atomic E-state index is 0.0821. The highest BCUT2D eigenvalue weighted by Gasteiger charge is 2.43. The van der Waals surface area contributed by atoms with Gasteiger partial charge in [0.25, 0.3) is 0 Å². The number of hydrogen-bond donors (Lipinski definition) is 1. The summed E-state index contributed by atoms with van der Waals surface area (Å²) in [6, 6.07) is 2.17. The van der Waals surface area contributed by atoms with E-state index in [9.17, 15) is 13.6 Å². The summed E-state index contributed by atoms with van der Waals surface area (Å²) in [4.78, 5) is 16.9. The van der Waals surface area contributed by atoms with E-state index in [1.54, 1.807) is 0 Å². The maximum Gasteiger partial charge on any atom is 0.346 e. The van der Waals surface area contributed by atoms with Crippen LogP contribution in [0.3, 0.4) is 0 Å². The summed E-state index contributed by atoms with van der Waals surface area (Å²) in [5, 5.41) is 0. The largest absolute Gasteiger partial charge is 0.385 e. The van der Waals surface area contributed by atoms with Gasteiger partial charge in [0.15, 0.2) is 0 Å². The number of carbonyl (C=O) groups excluding carboxylic acids is 1. The molecular formula is C12H11F2N3O. The Labute approximate surface area is 102 Å². The van der Waals surface area contributed by atoms with E-state index in [1.165, 1.54) is 17.0 Å². The van der Waals surface area contributed by atoms with Gasteiger partial charge in [0.2, 0.25) is 0 Å². The van der Waals surface area contributed by atoms with E-state index in [4.69, 9.17) is 5.73 Å². The van der Waals surface area contributed by atoms with Crippen LogP contribution < -0.4 is 5.73 Å². The van der Waals surface area contributed by atoms with Gasteiger partial charge in [-0.15, -0.1) is 0 Å². The quantitative estimate of drug-likeness (QED) is 0.873. The molecule has 3 rings (SSSR count). The lowest BCUT2D eigenvalue weighted by atomic mass is 10.0. The maximum atomic E-state index is 13.2. The molecule has 1 aliphatic heterocycles. The number of hydrogen-bond acceptors (Lipinski definition) is 2. The Hall–Kier alpha value is -1.98. The fraction of sp³-hybridized carbons (Fsp3) is 0.333. The molecule has 1 aliphatic carbocycles. The van der Waals surface area contributed by atoms with Crippen molar-refractivity contribution in [3.8, 4) is 0 Å². The van der Waals surface area contributed by atoms with E-state index in [2.05, 4.69) is 4.99 Å². The molecule has 4 nitrogen and oxygen atoms in total. The van der Waals surface area contributed by atoms with Crippen LogP contribution in [-0.2, 0) is 0 Å². The third-order valence-corrected chi connectivity index (χ3v) is 3.14. The molecule has 1 saturated carbocycles. The van der Waals surface area contributed by atoms with Gasteiger partial charge in [-0.3, -0.25) is 0 Å². The van der Waals surface area contributed by atoms with E-state index in [-0.39, 0.29) is 11.9 Å². The number of carbonyl (C=O) groups is 1. The number of amidine groups is 1.